The van der Waals surface area contributed by atoms with Crippen LogP contribution in [0.4, 0.5) is 4.39 Å². The normalized spacial score (nSPS) is 11.2. The smallest absolute Gasteiger partial charge is 0.233 e. The minimum absolute atomic E-state index is 0.241. The van der Waals surface area contributed by atoms with Crippen LogP contribution in [0.25, 0.3) is 10.1 Å². The molecular formula is C14H14FN3OS. The van der Waals surface area contributed by atoms with Crippen LogP contribution in [0.15, 0.2) is 24.3 Å². The predicted molar refractivity (Wildman–Crippen MR) is 77.3 cm³/mol. The van der Waals surface area contributed by atoms with Crippen LogP contribution in [0.1, 0.15) is 16.1 Å². The summed E-state index contributed by atoms with van der Waals surface area (Å²) in [5.41, 5.74) is 7.48. The Labute approximate surface area is 119 Å². The number of nitrogens with two attached hydrogens (primary N) is 1. The van der Waals surface area contributed by atoms with Crippen LogP contribution in [0.2, 0.25) is 0 Å². The van der Waals surface area contributed by atoms with Crippen LogP contribution < -0.4 is 10.5 Å². The Kier molecular flexibility index (Phi) is 3.42. The molecule has 0 amide bonds. The lowest BCUT2D eigenvalue weighted by atomic mass is 10.1. The number of thiophene rings is 1. The fourth-order valence-electron chi connectivity index (χ4n) is 2.15. The fraction of sp³-hybridized carbons (Fsp3) is 0.214. The van der Waals surface area contributed by atoms with E-state index in [-0.39, 0.29) is 12.4 Å². The molecule has 0 aliphatic heterocycles. The SMILES string of the molecule is Cc1cc(OCc2c(CN)sc3cccc(F)c23)n[nH]1. The van der Waals surface area contributed by atoms with E-state index in [0.717, 1.165) is 20.8 Å². The van der Waals surface area contributed by atoms with Crippen LogP contribution >= 0.6 is 11.3 Å². The number of benzene rings is 1. The van der Waals surface area contributed by atoms with Crippen molar-refractivity contribution in [2.45, 2.75) is 20.1 Å². The standard InChI is InChI=1S/C14H14FN3OS/c1-8-5-13(18-17-8)19-7-9-12(6-16)20-11-4-2-3-10(15)14(9)11/h2-5H,6-7,16H2,1H3,(H,17,18). The number of hydrogen-bond donors (Lipinski definition) is 2. The minimum Gasteiger partial charge on any atom is -0.472 e. The molecule has 20 heavy (non-hydrogen) atoms. The predicted octanol–water partition coefficient (Wildman–Crippen LogP) is 3.11. The van der Waals surface area contributed by atoms with E-state index < -0.39 is 0 Å². The van der Waals surface area contributed by atoms with Crippen molar-refractivity contribution in [2.75, 3.05) is 0 Å². The zero-order valence-corrected chi connectivity index (χ0v) is 11.8. The van der Waals surface area contributed by atoms with E-state index in [1.807, 2.05) is 13.0 Å². The molecule has 2 heterocycles. The summed E-state index contributed by atoms with van der Waals surface area (Å²) in [4.78, 5) is 0.942. The van der Waals surface area contributed by atoms with Gasteiger partial charge in [0.2, 0.25) is 5.88 Å². The number of aromatic nitrogens is 2. The molecule has 3 rings (SSSR count). The average Bonchev–Trinajstić information content (AvgIpc) is 3.00. The quantitative estimate of drug-likeness (QED) is 0.776. The lowest BCUT2D eigenvalue weighted by molar-refractivity contribution is 0.294. The number of aromatic amines is 1. The summed E-state index contributed by atoms with van der Waals surface area (Å²) in [7, 11) is 0. The number of hydrogen-bond acceptors (Lipinski definition) is 4. The Morgan fingerprint density at radius 1 is 1.45 bits per heavy atom. The van der Waals surface area contributed by atoms with Crippen LogP contribution in [0.5, 0.6) is 5.88 Å². The summed E-state index contributed by atoms with van der Waals surface area (Å²) in [6.07, 6.45) is 0. The molecule has 3 aromatic rings. The number of aryl methyl sites for hydroxylation is 1. The highest BCUT2D eigenvalue weighted by molar-refractivity contribution is 7.19. The summed E-state index contributed by atoms with van der Waals surface area (Å²) < 4.78 is 20.5. The largest absolute Gasteiger partial charge is 0.472 e. The van der Waals surface area contributed by atoms with Crippen molar-refractivity contribution >= 4 is 21.4 Å². The molecule has 0 fully saturated rings. The molecule has 4 nitrogen and oxygen atoms in total. The van der Waals surface area contributed by atoms with Gasteiger partial charge >= 0.3 is 0 Å². The topological polar surface area (TPSA) is 63.9 Å². The van der Waals surface area contributed by atoms with Gasteiger partial charge in [0.25, 0.3) is 0 Å². The Hall–Kier alpha value is -1.92. The highest BCUT2D eigenvalue weighted by atomic mass is 32.1. The van der Waals surface area contributed by atoms with Crippen LogP contribution in [-0.2, 0) is 13.2 Å². The molecule has 2 aromatic heterocycles. The molecule has 6 heteroatoms. The third-order valence-electron chi connectivity index (χ3n) is 3.08. The van der Waals surface area contributed by atoms with Gasteiger partial charge < -0.3 is 10.5 Å². The molecule has 0 spiro atoms. The van der Waals surface area contributed by atoms with E-state index in [1.165, 1.54) is 17.4 Å². The third-order valence-corrected chi connectivity index (χ3v) is 4.30. The summed E-state index contributed by atoms with van der Waals surface area (Å²) in [5.74, 6) is 0.261. The maximum atomic E-state index is 14.0. The molecular weight excluding hydrogens is 277 g/mol. The third kappa shape index (κ3) is 2.28. The van der Waals surface area contributed by atoms with E-state index in [1.54, 1.807) is 12.1 Å². The number of nitrogens with one attached hydrogen (secondary N) is 1. The maximum Gasteiger partial charge on any atom is 0.233 e. The average molecular weight is 291 g/mol. The zero-order chi connectivity index (χ0) is 14.1. The molecule has 0 saturated heterocycles. The van der Waals surface area contributed by atoms with Crippen molar-refractivity contribution < 1.29 is 9.13 Å². The first kappa shape index (κ1) is 13.1. The Bertz CT molecular complexity index is 750. The van der Waals surface area contributed by atoms with E-state index in [4.69, 9.17) is 10.5 Å². The molecule has 0 atom stereocenters. The van der Waals surface area contributed by atoms with E-state index in [0.29, 0.717) is 17.8 Å². The van der Waals surface area contributed by atoms with Gasteiger partial charge in [0, 0.05) is 38.8 Å². The van der Waals surface area contributed by atoms with Crippen molar-refractivity contribution in [1.29, 1.82) is 0 Å². The summed E-state index contributed by atoms with van der Waals surface area (Å²) in [6.45, 7) is 2.53. The number of rotatable bonds is 4. The zero-order valence-electron chi connectivity index (χ0n) is 10.9. The molecule has 0 radical (unpaired) electrons. The number of fused-ring (bicyclic) bond motifs is 1. The Balaban J connectivity index is 1.97. The van der Waals surface area contributed by atoms with E-state index in [9.17, 15) is 4.39 Å². The van der Waals surface area contributed by atoms with Crippen molar-refractivity contribution in [3.63, 3.8) is 0 Å². The second-order valence-electron chi connectivity index (χ2n) is 4.50. The number of ether oxygens (including phenoxy) is 1. The van der Waals surface area contributed by atoms with Gasteiger partial charge in [-0.3, -0.25) is 5.10 Å². The van der Waals surface area contributed by atoms with Gasteiger partial charge in [0.05, 0.1) is 0 Å². The molecule has 0 bridgehead atoms. The van der Waals surface area contributed by atoms with Gasteiger partial charge in [0.1, 0.15) is 12.4 Å². The lowest BCUT2D eigenvalue weighted by Gasteiger charge is -2.04. The van der Waals surface area contributed by atoms with Crippen molar-refractivity contribution in [3.8, 4) is 5.88 Å². The van der Waals surface area contributed by atoms with Crippen molar-refractivity contribution in [2.24, 2.45) is 5.73 Å². The minimum atomic E-state index is -0.241. The maximum absolute atomic E-state index is 14.0. The van der Waals surface area contributed by atoms with Crippen LogP contribution in [-0.4, -0.2) is 10.2 Å². The first-order valence-electron chi connectivity index (χ1n) is 6.22. The number of H-pyrrole nitrogens is 1. The summed E-state index contributed by atoms with van der Waals surface area (Å²) >= 11 is 1.51. The summed E-state index contributed by atoms with van der Waals surface area (Å²) in [6, 6.07) is 6.85. The molecule has 0 aliphatic rings. The van der Waals surface area contributed by atoms with Crippen molar-refractivity contribution in [1.82, 2.24) is 10.2 Å². The van der Waals surface area contributed by atoms with Gasteiger partial charge in [-0.2, -0.15) is 0 Å². The molecule has 104 valence electrons. The number of halogens is 1. The lowest BCUT2D eigenvalue weighted by Crippen LogP contribution is -2.02. The fourth-order valence-corrected chi connectivity index (χ4v) is 3.25. The van der Waals surface area contributed by atoms with E-state index in [2.05, 4.69) is 10.2 Å². The van der Waals surface area contributed by atoms with Gasteiger partial charge in [-0.05, 0) is 19.1 Å². The second-order valence-corrected chi connectivity index (χ2v) is 5.64. The molecule has 0 unspecified atom stereocenters. The van der Waals surface area contributed by atoms with Crippen LogP contribution in [0.3, 0.4) is 0 Å². The monoisotopic (exact) mass is 291 g/mol. The van der Waals surface area contributed by atoms with Gasteiger partial charge in [0.15, 0.2) is 0 Å². The molecule has 0 aliphatic carbocycles. The summed E-state index contributed by atoms with van der Waals surface area (Å²) in [5, 5.41) is 7.41. The molecule has 1 aromatic carbocycles. The Morgan fingerprint density at radius 3 is 3.00 bits per heavy atom. The van der Waals surface area contributed by atoms with Gasteiger partial charge in [-0.15, -0.1) is 16.4 Å². The second kappa shape index (κ2) is 5.22. The van der Waals surface area contributed by atoms with Crippen LogP contribution in [0, 0.1) is 12.7 Å². The Morgan fingerprint density at radius 2 is 2.30 bits per heavy atom. The highest BCUT2D eigenvalue weighted by Crippen LogP contribution is 2.33. The first-order chi connectivity index (χ1) is 9.69. The molecule has 0 saturated carbocycles. The number of nitrogens with zero attached hydrogens (tertiary/aromatic N) is 1. The van der Waals surface area contributed by atoms with E-state index >= 15 is 0 Å². The van der Waals surface area contributed by atoms with Gasteiger partial charge in [-0.25, -0.2) is 4.39 Å². The highest BCUT2D eigenvalue weighted by Gasteiger charge is 2.15. The molecule has 3 N–H and O–H groups in total. The first-order valence-corrected chi connectivity index (χ1v) is 7.04. The van der Waals surface area contributed by atoms with Crippen molar-refractivity contribution in [3.05, 3.63) is 46.2 Å². The van der Waals surface area contributed by atoms with Gasteiger partial charge in [-0.1, -0.05) is 6.07 Å².